The topological polar surface area (TPSA) is 52.3 Å². The molecular weight excluding hydrogens is 174 g/mol. The van der Waals surface area contributed by atoms with Crippen LogP contribution in [0.1, 0.15) is 20.8 Å². The van der Waals surface area contributed by atoms with E-state index >= 15 is 0 Å². The van der Waals surface area contributed by atoms with E-state index in [1.165, 1.54) is 0 Å². The smallest absolute Gasteiger partial charge is 0.318 e. The standard InChI is InChI=1S/C8H17NO2S/c1-4-11-8(10)7(3)12-6(2)5-9/h6-7H,4-5,9H2,1-3H3. The van der Waals surface area contributed by atoms with Crippen molar-refractivity contribution in [2.45, 2.75) is 31.3 Å². The number of nitrogens with two attached hydrogens (primary N) is 1. The summed E-state index contributed by atoms with van der Waals surface area (Å²) in [5.41, 5.74) is 5.42. The lowest BCUT2D eigenvalue weighted by molar-refractivity contribution is -0.142. The monoisotopic (exact) mass is 191 g/mol. The van der Waals surface area contributed by atoms with Crippen LogP contribution in [0.2, 0.25) is 0 Å². The van der Waals surface area contributed by atoms with E-state index in [0.29, 0.717) is 18.4 Å². The van der Waals surface area contributed by atoms with Gasteiger partial charge in [0.2, 0.25) is 0 Å². The number of thioether (sulfide) groups is 1. The number of hydrogen-bond donors (Lipinski definition) is 1. The largest absolute Gasteiger partial charge is 0.465 e. The van der Waals surface area contributed by atoms with Crippen molar-refractivity contribution >= 4 is 17.7 Å². The van der Waals surface area contributed by atoms with Crippen molar-refractivity contribution in [1.29, 1.82) is 0 Å². The molecule has 0 spiro atoms. The highest BCUT2D eigenvalue weighted by Crippen LogP contribution is 2.17. The van der Waals surface area contributed by atoms with Crippen LogP contribution in [-0.2, 0) is 9.53 Å². The molecule has 0 amide bonds. The van der Waals surface area contributed by atoms with Gasteiger partial charge in [0.1, 0.15) is 0 Å². The van der Waals surface area contributed by atoms with E-state index in [1.54, 1.807) is 11.8 Å². The van der Waals surface area contributed by atoms with Gasteiger partial charge in [-0.05, 0) is 13.8 Å². The molecule has 0 saturated carbocycles. The molecule has 4 heteroatoms. The molecule has 0 aliphatic heterocycles. The summed E-state index contributed by atoms with van der Waals surface area (Å²) in [7, 11) is 0. The molecule has 0 aliphatic carbocycles. The lowest BCUT2D eigenvalue weighted by Gasteiger charge is -2.13. The van der Waals surface area contributed by atoms with Crippen molar-refractivity contribution in [3.63, 3.8) is 0 Å². The van der Waals surface area contributed by atoms with Gasteiger partial charge in [-0.1, -0.05) is 6.92 Å². The van der Waals surface area contributed by atoms with Crippen LogP contribution in [0.5, 0.6) is 0 Å². The van der Waals surface area contributed by atoms with E-state index in [1.807, 2.05) is 20.8 Å². The van der Waals surface area contributed by atoms with Crippen LogP contribution in [0.3, 0.4) is 0 Å². The number of rotatable bonds is 5. The van der Waals surface area contributed by atoms with E-state index in [-0.39, 0.29) is 11.2 Å². The van der Waals surface area contributed by atoms with Crippen LogP contribution in [0.4, 0.5) is 0 Å². The molecule has 0 aliphatic rings. The van der Waals surface area contributed by atoms with Crippen LogP contribution in [0.25, 0.3) is 0 Å². The highest BCUT2D eigenvalue weighted by atomic mass is 32.2. The van der Waals surface area contributed by atoms with Gasteiger partial charge < -0.3 is 10.5 Å². The average molecular weight is 191 g/mol. The average Bonchev–Trinajstić information content (AvgIpc) is 2.04. The maximum atomic E-state index is 11.1. The first-order chi connectivity index (χ1) is 5.61. The SMILES string of the molecule is CCOC(=O)C(C)SC(C)CN. The summed E-state index contributed by atoms with van der Waals surface area (Å²) in [4.78, 5) is 11.1. The Morgan fingerprint density at radius 1 is 1.58 bits per heavy atom. The van der Waals surface area contributed by atoms with Gasteiger partial charge in [-0.2, -0.15) is 0 Å². The summed E-state index contributed by atoms with van der Waals surface area (Å²) in [5.74, 6) is -0.150. The number of carbonyl (C=O) groups excluding carboxylic acids is 1. The summed E-state index contributed by atoms with van der Waals surface area (Å²) < 4.78 is 4.85. The van der Waals surface area contributed by atoms with E-state index in [9.17, 15) is 4.79 Å². The van der Waals surface area contributed by atoms with Crippen molar-refractivity contribution < 1.29 is 9.53 Å². The Hall–Kier alpha value is -0.220. The molecule has 0 aromatic rings. The van der Waals surface area contributed by atoms with Gasteiger partial charge in [0.25, 0.3) is 0 Å². The first-order valence-electron chi connectivity index (χ1n) is 4.14. The van der Waals surface area contributed by atoms with Crippen LogP contribution in [0.15, 0.2) is 0 Å². The molecule has 0 rings (SSSR count). The lowest BCUT2D eigenvalue weighted by atomic mass is 10.5. The second-order valence-corrected chi connectivity index (χ2v) is 4.36. The molecule has 2 atom stereocenters. The minimum absolute atomic E-state index is 0.108. The fourth-order valence-corrected chi connectivity index (χ4v) is 1.71. The Kier molecular flexibility index (Phi) is 6.20. The molecule has 0 radical (unpaired) electrons. The molecule has 0 heterocycles. The molecule has 72 valence electrons. The molecule has 0 bridgehead atoms. The van der Waals surface area contributed by atoms with Gasteiger partial charge in [-0.25, -0.2) is 0 Å². The third-order valence-electron chi connectivity index (χ3n) is 1.39. The highest BCUT2D eigenvalue weighted by molar-refractivity contribution is 8.01. The molecule has 12 heavy (non-hydrogen) atoms. The van der Waals surface area contributed by atoms with Gasteiger partial charge in [0.05, 0.1) is 11.9 Å². The Bertz CT molecular complexity index is 141. The van der Waals surface area contributed by atoms with E-state index in [4.69, 9.17) is 10.5 Å². The van der Waals surface area contributed by atoms with E-state index in [0.717, 1.165) is 0 Å². The van der Waals surface area contributed by atoms with Gasteiger partial charge in [-0.3, -0.25) is 4.79 Å². The second-order valence-electron chi connectivity index (χ2n) is 2.58. The molecular formula is C8H17NO2S. The number of hydrogen-bond acceptors (Lipinski definition) is 4. The van der Waals surface area contributed by atoms with Crippen LogP contribution < -0.4 is 5.73 Å². The third kappa shape index (κ3) is 4.62. The fourth-order valence-electron chi connectivity index (χ4n) is 0.719. The summed E-state index contributed by atoms with van der Waals surface area (Å²) >= 11 is 1.55. The summed E-state index contributed by atoms with van der Waals surface area (Å²) in [6, 6.07) is 0. The Labute approximate surface area is 78.0 Å². The second kappa shape index (κ2) is 6.31. The quantitative estimate of drug-likeness (QED) is 0.659. The fraction of sp³-hybridized carbons (Fsp3) is 0.875. The zero-order valence-corrected chi connectivity index (χ0v) is 8.69. The summed E-state index contributed by atoms with van der Waals surface area (Å²) in [6.45, 7) is 6.69. The van der Waals surface area contributed by atoms with Gasteiger partial charge in [0.15, 0.2) is 0 Å². The number of ether oxygens (including phenoxy) is 1. The van der Waals surface area contributed by atoms with Crippen molar-refractivity contribution in [2.24, 2.45) is 5.73 Å². The van der Waals surface area contributed by atoms with Crippen molar-refractivity contribution in [1.82, 2.24) is 0 Å². The van der Waals surface area contributed by atoms with Crippen molar-refractivity contribution in [3.8, 4) is 0 Å². The van der Waals surface area contributed by atoms with E-state index in [2.05, 4.69) is 0 Å². The highest BCUT2D eigenvalue weighted by Gasteiger charge is 2.16. The minimum atomic E-state index is -0.150. The Morgan fingerprint density at radius 3 is 2.58 bits per heavy atom. The Morgan fingerprint density at radius 2 is 2.17 bits per heavy atom. The first-order valence-corrected chi connectivity index (χ1v) is 5.08. The molecule has 0 fully saturated rings. The van der Waals surface area contributed by atoms with Crippen molar-refractivity contribution in [2.75, 3.05) is 13.2 Å². The first kappa shape index (κ1) is 11.8. The summed E-state index contributed by atoms with van der Waals surface area (Å²) in [6.07, 6.45) is 0. The molecule has 0 aromatic heterocycles. The van der Waals surface area contributed by atoms with Gasteiger partial charge >= 0.3 is 5.97 Å². The summed E-state index contributed by atoms with van der Waals surface area (Å²) in [5, 5.41) is 0.202. The molecule has 0 saturated heterocycles. The minimum Gasteiger partial charge on any atom is -0.465 e. The van der Waals surface area contributed by atoms with Gasteiger partial charge in [-0.15, -0.1) is 11.8 Å². The number of esters is 1. The predicted molar refractivity (Wildman–Crippen MR) is 52.2 cm³/mol. The molecule has 0 aromatic carbocycles. The maximum absolute atomic E-state index is 11.1. The number of carbonyl (C=O) groups is 1. The van der Waals surface area contributed by atoms with Crippen LogP contribution >= 0.6 is 11.8 Å². The van der Waals surface area contributed by atoms with Gasteiger partial charge in [0, 0.05) is 11.8 Å². The van der Waals surface area contributed by atoms with E-state index < -0.39 is 0 Å². The molecule has 2 unspecified atom stereocenters. The normalized spacial score (nSPS) is 15.3. The molecule has 3 nitrogen and oxygen atoms in total. The zero-order valence-electron chi connectivity index (χ0n) is 7.87. The zero-order chi connectivity index (χ0) is 9.56. The van der Waals surface area contributed by atoms with Crippen LogP contribution in [0, 0.1) is 0 Å². The maximum Gasteiger partial charge on any atom is 0.318 e. The van der Waals surface area contributed by atoms with Crippen molar-refractivity contribution in [3.05, 3.63) is 0 Å². The predicted octanol–water partition coefficient (Wildman–Crippen LogP) is 1.02. The van der Waals surface area contributed by atoms with Crippen LogP contribution in [-0.4, -0.2) is 29.6 Å². The molecule has 2 N–H and O–H groups in total. The third-order valence-corrected chi connectivity index (χ3v) is 2.64. The Balaban J connectivity index is 3.70. The lowest BCUT2D eigenvalue weighted by Crippen LogP contribution is -2.22.